The third-order valence-corrected chi connectivity index (χ3v) is 3.28. The predicted molar refractivity (Wildman–Crippen MR) is 76.1 cm³/mol. The Morgan fingerprint density at radius 1 is 1.30 bits per heavy atom. The SMILES string of the molecule is CCOC(=O)c1cc2c(ccc3ccn(C(C)=O)c32)[nH]1. The summed E-state index contributed by atoms with van der Waals surface area (Å²) in [7, 11) is 0. The Labute approximate surface area is 115 Å². The summed E-state index contributed by atoms with van der Waals surface area (Å²) in [6, 6.07) is 7.43. The van der Waals surface area contributed by atoms with Gasteiger partial charge in [-0.05, 0) is 25.1 Å². The van der Waals surface area contributed by atoms with Crippen LogP contribution in [0.2, 0.25) is 0 Å². The molecule has 0 atom stereocenters. The van der Waals surface area contributed by atoms with Gasteiger partial charge in [0.05, 0.1) is 12.1 Å². The standard InChI is InChI=1S/C15H14N2O3/c1-3-20-15(19)13-8-11-12(16-13)5-4-10-6-7-17(9(2)18)14(10)11/h4-8,16H,3H2,1-2H3. The quantitative estimate of drug-likeness (QED) is 0.728. The molecule has 20 heavy (non-hydrogen) atoms. The van der Waals surface area contributed by atoms with E-state index in [2.05, 4.69) is 4.98 Å². The highest BCUT2D eigenvalue weighted by Gasteiger charge is 2.14. The number of aromatic amines is 1. The summed E-state index contributed by atoms with van der Waals surface area (Å²) in [5.74, 6) is -0.454. The minimum Gasteiger partial charge on any atom is -0.461 e. The Kier molecular flexibility index (Phi) is 2.82. The minimum absolute atomic E-state index is 0.0635. The number of nitrogens with zero attached hydrogens (tertiary/aromatic N) is 1. The van der Waals surface area contributed by atoms with E-state index < -0.39 is 5.97 Å². The van der Waals surface area contributed by atoms with Crippen molar-refractivity contribution in [3.05, 3.63) is 36.2 Å². The van der Waals surface area contributed by atoms with Gasteiger partial charge in [-0.3, -0.25) is 9.36 Å². The Bertz CT molecular complexity index is 826. The van der Waals surface area contributed by atoms with Gasteiger partial charge in [-0.15, -0.1) is 0 Å². The van der Waals surface area contributed by atoms with Crippen molar-refractivity contribution in [1.29, 1.82) is 0 Å². The maximum absolute atomic E-state index is 11.8. The molecule has 0 fully saturated rings. The van der Waals surface area contributed by atoms with E-state index in [1.807, 2.05) is 18.2 Å². The lowest BCUT2D eigenvalue weighted by molar-refractivity contribution is 0.0520. The van der Waals surface area contributed by atoms with E-state index in [-0.39, 0.29) is 5.91 Å². The molecule has 0 saturated carbocycles. The molecule has 0 aliphatic carbocycles. The van der Waals surface area contributed by atoms with Crippen LogP contribution < -0.4 is 0 Å². The molecule has 5 heteroatoms. The van der Waals surface area contributed by atoms with Crippen LogP contribution in [0, 0.1) is 0 Å². The van der Waals surface area contributed by atoms with Crippen molar-refractivity contribution in [2.24, 2.45) is 0 Å². The highest BCUT2D eigenvalue weighted by Crippen LogP contribution is 2.27. The van der Waals surface area contributed by atoms with Crippen LogP contribution >= 0.6 is 0 Å². The lowest BCUT2D eigenvalue weighted by Gasteiger charge is -2.00. The fraction of sp³-hybridized carbons (Fsp3) is 0.200. The van der Waals surface area contributed by atoms with Crippen molar-refractivity contribution in [2.75, 3.05) is 6.61 Å². The lowest BCUT2D eigenvalue weighted by Crippen LogP contribution is -2.04. The summed E-state index contributed by atoms with van der Waals surface area (Å²) >= 11 is 0. The molecule has 0 spiro atoms. The van der Waals surface area contributed by atoms with Gasteiger partial charge in [-0.2, -0.15) is 0 Å². The molecule has 2 aromatic heterocycles. The second-order valence-electron chi connectivity index (χ2n) is 4.57. The average Bonchev–Trinajstić information content (AvgIpc) is 3.01. The molecule has 0 aliphatic heterocycles. The van der Waals surface area contributed by atoms with Crippen LogP contribution in [0.25, 0.3) is 21.8 Å². The number of carbonyl (C=O) groups excluding carboxylic acids is 2. The largest absolute Gasteiger partial charge is 0.461 e. The molecule has 1 aromatic carbocycles. The monoisotopic (exact) mass is 270 g/mol. The Morgan fingerprint density at radius 2 is 2.10 bits per heavy atom. The van der Waals surface area contributed by atoms with Crippen LogP contribution in [0.5, 0.6) is 0 Å². The summed E-state index contributed by atoms with van der Waals surface area (Å²) in [6.07, 6.45) is 1.74. The predicted octanol–water partition coefficient (Wildman–Crippen LogP) is 2.96. The van der Waals surface area contributed by atoms with E-state index in [9.17, 15) is 9.59 Å². The third-order valence-electron chi connectivity index (χ3n) is 3.28. The fourth-order valence-electron chi connectivity index (χ4n) is 2.42. The van der Waals surface area contributed by atoms with Gasteiger partial charge in [0.25, 0.3) is 0 Å². The molecular weight excluding hydrogens is 256 g/mol. The number of nitrogens with one attached hydrogen (secondary N) is 1. The molecule has 102 valence electrons. The molecular formula is C15H14N2O3. The average molecular weight is 270 g/mol. The van der Waals surface area contributed by atoms with Crippen molar-refractivity contribution in [1.82, 2.24) is 9.55 Å². The van der Waals surface area contributed by atoms with Crippen molar-refractivity contribution in [2.45, 2.75) is 13.8 Å². The highest BCUT2D eigenvalue weighted by atomic mass is 16.5. The molecule has 5 nitrogen and oxygen atoms in total. The van der Waals surface area contributed by atoms with E-state index in [4.69, 9.17) is 4.74 Å². The normalized spacial score (nSPS) is 11.1. The second kappa shape index (κ2) is 4.52. The summed E-state index contributed by atoms with van der Waals surface area (Å²) in [4.78, 5) is 26.5. The van der Waals surface area contributed by atoms with E-state index in [0.29, 0.717) is 12.3 Å². The molecule has 0 radical (unpaired) electrons. The third kappa shape index (κ3) is 1.79. The van der Waals surface area contributed by atoms with Crippen LogP contribution in [0.1, 0.15) is 29.1 Å². The van der Waals surface area contributed by atoms with Gasteiger partial charge >= 0.3 is 5.97 Å². The van der Waals surface area contributed by atoms with E-state index in [0.717, 1.165) is 21.8 Å². The molecule has 3 aromatic rings. The number of benzene rings is 1. The summed E-state index contributed by atoms with van der Waals surface area (Å²) in [5, 5.41) is 1.80. The van der Waals surface area contributed by atoms with Crippen LogP contribution in [0.4, 0.5) is 0 Å². The van der Waals surface area contributed by atoms with Gasteiger partial charge in [0.15, 0.2) is 0 Å². The summed E-state index contributed by atoms with van der Waals surface area (Å²) < 4.78 is 6.57. The zero-order chi connectivity index (χ0) is 14.3. The van der Waals surface area contributed by atoms with Crippen molar-refractivity contribution < 1.29 is 14.3 Å². The number of rotatable bonds is 2. The van der Waals surface area contributed by atoms with E-state index >= 15 is 0 Å². The zero-order valence-corrected chi connectivity index (χ0v) is 11.3. The molecule has 0 saturated heterocycles. The summed E-state index contributed by atoms with van der Waals surface area (Å²) in [5.41, 5.74) is 2.01. The summed E-state index contributed by atoms with van der Waals surface area (Å²) in [6.45, 7) is 3.60. The van der Waals surface area contributed by atoms with Crippen LogP contribution in [0.15, 0.2) is 30.5 Å². The highest BCUT2D eigenvalue weighted by molar-refractivity contribution is 6.10. The first-order chi connectivity index (χ1) is 9.61. The zero-order valence-electron chi connectivity index (χ0n) is 11.3. The molecule has 0 amide bonds. The maximum Gasteiger partial charge on any atom is 0.354 e. The number of ether oxygens (including phenoxy) is 1. The van der Waals surface area contributed by atoms with Crippen LogP contribution in [0.3, 0.4) is 0 Å². The topological polar surface area (TPSA) is 64.1 Å². The lowest BCUT2D eigenvalue weighted by atomic mass is 10.2. The number of esters is 1. The first kappa shape index (κ1) is 12.5. The number of hydrogen-bond acceptors (Lipinski definition) is 3. The number of H-pyrrole nitrogens is 1. The second-order valence-corrected chi connectivity index (χ2v) is 4.57. The number of carbonyl (C=O) groups is 2. The Hall–Kier alpha value is -2.56. The van der Waals surface area contributed by atoms with Crippen LogP contribution in [-0.2, 0) is 4.74 Å². The number of hydrogen-bond donors (Lipinski definition) is 1. The van der Waals surface area contributed by atoms with Gasteiger partial charge in [0.1, 0.15) is 5.69 Å². The molecule has 0 unspecified atom stereocenters. The first-order valence-electron chi connectivity index (χ1n) is 6.42. The van der Waals surface area contributed by atoms with Crippen LogP contribution in [-0.4, -0.2) is 28.0 Å². The molecule has 0 aliphatic rings. The maximum atomic E-state index is 11.8. The van der Waals surface area contributed by atoms with Crippen molar-refractivity contribution in [3.63, 3.8) is 0 Å². The smallest absolute Gasteiger partial charge is 0.354 e. The van der Waals surface area contributed by atoms with E-state index in [1.165, 1.54) is 6.92 Å². The first-order valence-corrected chi connectivity index (χ1v) is 6.42. The Balaban J connectivity index is 2.27. The number of fused-ring (bicyclic) bond motifs is 3. The van der Waals surface area contributed by atoms with E-state index in [1.54, 1.807) is 23.8 Å². The van der Waals surface area contributed by atoms with Crippen molar-refractivity contribution >= 4 is 33.7 Å². The van der Waals surface area contributed by atoms with Crippen molar-refractivity contribution in [3.8, 4) is 0 Å². The van der Waals surface area contributed by atoms with Gasteiger partial charge in [-0.1, -0.05) is 6.07 Å². The molecule has 0 bridgehead atoms. The van der Waals surface area contributed by atoms with Gasteiger partial charge in [0.2, 0.25) is 5.91 Å². The minimum atomic E-state index is -0.391. The Morgan fingerprint density at radius 3 is 2.80 bits per heavy atom. The molecule has 3 rings (SSSR count). The molecule has 1 N–H and O–H groups in total. The number of aromatic nitrogens is 2. The fourth-order valence-corrected chi connectivity index (χ4v) is 2.42. The molecule has 2 heterocycles. The van der Waals surface area contributed by atoms with Gasteiger partial charge < -0.3 is 9.72 Å². The van der Waals surface area contributed by atoms with Gasteiger partial charge in [0, 0.05) is 29.4 Å². The van der Waals surface area contributed by atoms with Gasteiger partial charge in [-0.25, -0.2) is 4.79 Å².